The largest absolute Gasteiger partial charge is 0.339 e. The van der Waals surface area contributed by atoms with Crippen molar-refractivity contribution in [1.82, 2.24) is 4.90 Å². The maximum Gasteiger partial charge on any atom is 0.233 e. The minimum atomic E-state index is -0.279. The lowest BCUT2D eigenvalue weighted by molar-refractivity contribution is -0.141. The Hall–Kier alpha value is -0.580. The molecule has 0 radical (unpaired) electrons. The summed E-state index contributed by atoms with van der Waals surface area (Å²) in [5, 5.41) is 0. The van der Waals surface area contributed by atoms with Crippen molar-refractivity contribution in [2.75, 3.05) is 13.1 Å². The highest BCUT2D eigenvalue weighted by Gasteiger charge is 2.49. The lowest BCUT2D eigenvalue weighted by Crippen LogP contribution is -2.52. The highest BCUT2D eigenvalue weighted by molar-refractivity contribution is 9.10. The van der Waals surface area contributed by atoms with Gasteiger partial charge in [0.15, 0.2) is 0 Å². The number of nitrogens with zero attached hydrogens (tertiary/aromatic N) is 1. The number of hydrogen-bond acceptors (Lipinski definition) is 2. The first-order chi connectivity index (χ1) is 10.1. The third-order valence-electron chi connectivity index (χ3n) is 5.27. The van der Waals surface area contributed by atoms with Crippen molar-refractivity contribution < 1.29 is 4.79 Å². The standard InChI is InChI=1S/C17H23BrN2O.ClH/c1-12-9-13(10-19)11-20(12)16(21)17(7-2-8-17)14-3-5-15(18)6-4-14;/h3-6,12-13H,2,7-11,19H2,1H3;1H. The van der Waals surface area contributed by atoms with Crippen LogP contribution in [0, 0.1) is 5.92 Å². The number of likely N-dealkylation sites (tertiary alicyclic amines) is 1. The van der Waals surface area contributed by atoms with E-state index in [1.54, 1.807) is 0 Å². The van der Waals surface area contributed by atoms with Gasteiger partial charge < -0.3 is 10.6 Å². The molecule has 2 unspecified atom stereocenters. The molecule has 2 aliphatic rings. The molecule has 1 saturated heterocycles. The van der Waals surface area contributed by atoms with Gasteiger partial charge in [-0.1, -0.05) is 34.5 Å². The van der Waals surface area contributed by atoms with Crippen LogP contribution in [0.1, 0.15) is 38.2 Å². The molecule has 3 nitrogen and oxygen atoms in total. The molecular weight excluding hydrogens is 364 g/mol. The second kappa shape index (κ2) is 6.90. The topological polar surface area (TPSA) is 46.3 Å². The van der Waals surface area contributed by atoms with Crippen LogP contribution in [0.2, 0.25) is 0 Å². The zero-order valence-electron chi connectivity index (χ0n) is 12.9. The molecule has 2 N–H and O–H groups in total. The molecule has 1 aliphatic heterocycles. The quantitative estimate of drug-likeness (QED) is 0.863. The van der Waals surface area contributed by atoms with Gasteiger partial charge in [0, 0.05) is 17.1 Å². The zero-order chi connectivity index (χ0) is 15.0. The number of amides is 1. The fraction of sp³-hybridized carbons (Fsp3) is 0.588. The van der Waals surface area contributed by atoms with Gasteiger partial charge in [-0.05, 0) is 56.3 Å². The van der Waals surface area contributed by atoms with Crippen molar-refractivity contribution in [2.45, 2.75) is 44.1 Å². The van der Waals surface area contributed by atoms with Crippen LogP contribution >= 0.6 is 28.3 Å². The average Bonchev–Trinajstić information content (AvgIpc) is 2.81. The van der Waals surface area contributed by atoms with Crippen molar-refractivity contribution in [3.05, 3.63) is 34.3 Å². The molecule has 122 valence electrons. The van der Waals surface area contributed by atoms with E-state index in [1.807, 2.05) is 12.1 Å². The molecule has 1 aromatic rings. The molecule has 0 spiro atoms. The van der Waals surface area contributed by atoms with E-state index >= 15 is 0 Å². The van der Waals surface area contributed by atoms with Crippen molar-refractivity contribution in [2.24, 2.45) is 11.7 Å². The maximum absolute atomic E-state index is 13.2. The summed E-state index contributed by atoms with van der Waals surface area (Å²) in [5.74, 6) is 0.783. The van der Waals surface area contributed by atoms with E-state index in [9.17, 15) is 4.79 Å². The fourth-order valence-electron chi connectivity index (χ4n) is 3.80. The third kappa shape index (κ3) is 2.93. The number of benzene rings is 1. The van der Waals surface area contributed by atoms with Crippen molar-refractivity contribution in [3.63, 3.8) is 0 Å². The molecule has 1 aromatic carbocycles. The number of halogens is 2. The van der Waals surface area contributed by atoms with Crippen LogP contribution in [0.4, 0.5) is 0 Å². The van der Waals surface area contributed by atoms with Gasteiger partial charge in [0.25, 0.3) is 0 Å². The molecule has 3 rings (SSSR count). The fourth-order valence-corrected chi connectivity index (χ4v) is 4.06. The third-order valence-corrected chi connectivity index (χ3v) is 5.80. The summed E-state index contributed by atoms with van der Waals surface area (Å²) in [7, 11) is 0. The van der Waals surface area contributed by atoms with E-state index in [4.69, 9.17) is 5.73 Å². The Morgan fingerprint density at radius 1 is 1.36 bits per heavy atom. The average molecular weight is 388 g/mol. The molecular formula is C17H24BrClN2O. The minimum Gasteiger partial charge on any atom is -0.339 e. The normalized spacial score (nSPS) is 26.2. The number of nitrogens with two attached hydrogens (primary N) is 1. The van der Waals surface area contributed by atoms with Crippen LogP contribution in [0.3, 0.4) is 0 Å². The van der Waals surface area contributed by atoms with Crippen molar-refractivity contribution >= 4 is 34.2 Å². The Labute approximate surface area is 147 Å². The second-order valence-electron chi connectivity index (χ2n) is 6.59. The van der Waals surface area contributed by atoms with Crippen LogP contribution < -0.4 is 5.73 Å². The van der Waals surface area contributed by atoms with E-state index in [2.05, 4.69) is 39.9 Å². The van der Waals surface area contributed by atoms with Crippen LogP contribution in [0.5, 0.6) is 0 Å². The maximum atomic E-state index is 13.2. The zero-order valence-corrected chi connectivity index (χ0v) is 15.3. The summed E-state index contributed by atoms with van der Waals surface area (Å²) < 4.78 is 1.06. The number of rotatable bonds is 3. The summed E-state index contributed by atoms with van der Waals surface area (Å²) in [6.07, 6.45) is 4.14. The van der Waals surface area contributed by atoms with E-state index in [0.29, 0.717) is 24.4 Å². The van der Waals surface area contributed by atoms with Gasteiger partial charge in [-0.2, -0.15) is 0 Å². The number of carbonyl (C=O) groups is 1. The van der Waals surface area contributed by atoms with Gasteiger partial charge in [-0.25, -0.2) is 0 Å². The molecule has 1 aliphatic carbocycles. The van der Waals surface area contributed by atoms with Crippen LogP contribution in [-0.2, 0) is 10.2 Å². The van der Waals surface area contributed by atoms with Gasteiger partial charge in [0.1, 0.15) is 0 Å². The Bertz CT molecular complexity index is 530. The Balaban J connectivity index is 0.00000176. The summed E-state index contributed by atoms with van der Waals surface area (Å²) in [6.45, 7) is 3.66. The lowest BCUT2D eigenvalue weighted by Gasteiger charge is -2.44. The Kier molecular flexibility index (Phi) is 5.57. The monoisotopic (exact) mass is 386 g/mol. The minimum absolute atomic E-state index is 0. The SMILES string of the molecule is CC1CC(CN)CN1C(=O)C1(c2ccc(Br)cc2)CCC1.Cl. The highest BCUT2D eigenvalue weighted by atomic mass is 79.9. The Morgan fingerprint density at radius 3 is 2.45 bits per heavy atom. The van der Waals surface area contributed by atoms with Crippen LogP contribution in [0.25, 0.3) is 0 Å². The smallest absolute Gasteiger partial charge is 0.233 e. The van der Waals surface area contributed by atoms with E-state index < -0.39 is 0 Å². The van der Waals surface area contributed by atoms with Gasteiger partial charge in [0.05, 0.1) is 5.41 Å². The van der Waals surface area contributed by atoms with Crippen LogP contribution in [0.15, 0.2) is 28.7 Å². The van der Waals surface area contributed by atoms with Crippen molar-refractivity contribution in [3.8, 4) is 0 Å². The van der Waals surface area contributed by atoms with E-state index in [0.717, 1.165) is 36.7 Å². The molecule has 2 atom stereocenters. The summed E-state index contributed by atoms with van der Waals surface area (Å²) in [4.78, 5) is 15.3. The van der Waals surface area contributed by atoms with Gasteiger partial charge in [-0.3, -0.25) is 4.79 Å². The summed E-state index contributed by atoms with van der Waals surface area (Å²) >= 11 is 3.47. The second-order valence-corrected chi connectivity index (χ2v) is 7.50. The number of hydrogen-bond donors (Lipinski definition) is 1. The molecule has 1 heterocycles. The molecule has 2 fully saturated rings. The predicted molar refractivity (Wildman–Crippen MR) is 95.3 cm³/mol. The first-order valence-electron chi connectivity index (χ1n) is 7.84. The number of carbonyl (C=O) groups excluding carboxylic acids is 1. The lowest BCUT2D eigenvalue weighted by atomic mass is 9.63. The van der Waals surface area contributed by atoms with Gasteiger partial charge >= 0.3 is 0 Å². The first kappa shape index (κ1) is 17.8. The molecule has 1 amide bonds. The van der Waals surface area contributed by atoms with Crippen LogP contribution in [-0.4, -0.2) is 29.9 Å². The molecule has 0 aromatic heterocycles. The Morgan fingerprint density at radius 2 is 2.00 bits per heavy atom. The first-order valence-corrected chi connectivity index (χ1v) is 8.63. The van der Waals surface area contributed by atoms with E-state index in [1.165, 1.54) is 5.56 Å². The highest BCUT2D eigenvalue weighted by Crippen LogP contribution is 2.46. The molecule has 22 heavy (non-hydrogen) atoms. The predicted octanol–water partition coefficient (Wildman–Crippen LogP) is 3.49. The molecule has 0 bridgehead atoms. The van der Waals surface area contributed by atoms with Gasteiger partial charge in [-0.15, -0.1) is 12.4 Å². The summed E-state index contributed by atoms with van der Waals surface area (Å²) in [6, 6.07) is 8.60. The van der Waals surface area contributed by atoms with E-state index in [-0.39, 0.29) is 17.8 Å². The van der Waals surface area contributed by atoms with Gasteiger partial charge in [0.2, 0.25) is 5.91 Å². The molecule has 1 saturated carbocycles. The van der Waals surface area contributed by atoms with Crippen molar-refractivity contribution in [1.29, 1.82) is 0 Å². The molecule has 5 heteroatoms. The summed E-state index contributed by atoms with van der Waals surface area (Å²) in [5.41, 5.74) is 6.69.